The highest BCUT2D eigenvalue weighted by atomic mass is 31.2. The molecule has 0 aromatic heterocycles. The molecule has 0 radical (unpaired) electrons. The normalized spacial score (nSPS) is 15.3. The lowest BCUT2D eigenvalue weighted by Gasteiger charge is -2.34. The number of anilines is 1. The molecule has 1 unspecified atom stereocenters. The second-order valence-electron chi connectivity index (χ2n) is 3.96. The third-order valence-electron chi connectivity index (χ3n) is 2.40. The average molecular weight is 330 g/mol. The maximum absolute atomic E-state index is 12.9. The third-order valence-corrected chi connectivity index (χ3v) is 3.06. The molecule has 0 saturated carbocycles. The lowest BCUT2D eigenvalue weighted by atomic mass is 10.2. The van der Waals surface area contributed by atoms with E-state index in [0.29, 0.717) is 0 Å². The molecule has 1 rings (SSSR count). The minimum absolute atomic E-state index is 0.395. The van der Waals surface area contributed by atoms with Crippen LogP contribution in [0.1, 0.15) is 0 Å². The smallest absolute Gasteiger partial charge is 0.323 e. The van der Waals surface area contributed by atoms with E-state index in [9.17, 15) is 33.0 Å². The van der Waals surface area contributed by atoms with Crippen molar-refractivity contribution in [3.63, 3.8) is 0 Å². The summed E-state index contributed by atoms with van der Waals surface area (Å²) < 4.78 is 49.6. The van der Waals surface area contributed by atoms with Gasteiger partial charge in [0.25, 0.3) is 0 Å². The van der Waals surface area contributed by atoms with Crippen LogP contribution >= 0.6 is 7.60 Å². The van der Waals surface area contributed by atoms with E-state index in [4.69, 9.17) is 9.79 Å². The van der Waals surface area contributed by atoms with Crippen LogP contribution in [-0.4, -0.2) is 38.1 Å². The molecule has 21 heavy (non-hydrogen) atoms. The van der Waals surface area contributed by atoms with Crippen LogP contribution in [0.15, 0.2) is 30.3 Å². The van der Waals surface area contributed by atoms with Gasteiger partial charge in [-0.15, -0.1) is 0 Å². The van der Waals surface area contributed by atoms with Gasteiger partial charge < -0.3 is 14.9 Å². The van der Waals surface area contributed by atoms with Crippen LogP contribution in [0, 0.1) is 10.1 Å². The fourth-order valence-corrected chi connectivity index (χ4v) is 2.24. The average Bonchev–Trinajstić information content (AvgIpc) is 2.33. The molecule has 0 aliphatic carbocycles. The fraction of sp³-hybridized carbons (Fsp3) is 0.333. The van der Waals surface area contributed by atoms with Crippen LogP contribution < -0.4 is 4.90 Å². The molecule has 0 aliphatic rings. The Labute approximate surface area is 115 Å². The number of hydrogen-bond acceptors (Lipinski definition) is 5. The second kappa shape index (κ2) is 5.60. The monoisotopic (exact) mass is 330 g/mol. The van der Waals surface area contributed by atoms with Crippen molar-refractivity contribution < 1.29 is 37.6 Å². The summed E-state index contributed by atoms with van der Waals surface area (Å²) in [6.45, 7) is 0. The molecular weight excluding hydrogens is 320 g/mol. The predicted octanol–water partition coefficient (Wildman–Crippen LogP) is 1.11. The molecule has 0 fully saturated rings. The third kappa shape index (κ3) is 3.70. The van der Waals surface area contributed by atoms with Crippen molar-refractivity contribution in [2.45, 2.75) is 12.0 Å². The minimum Gasteiger partial charge on any atom is -0.323 e. The van der Waals surface area contributed by atoms with Crippen molar-refractivity contribution in [2.75, 3.05) is 11.2 Å². The van der Waals surface area contributed by atoms with E-state index in [2.05, 4.69) is 0 Å². The lowest BCUT2D eigenvalue weighted by molar-refractivity contribution is -0.666. The number of alkyl halides is 3. The Kier molecular flexibility index (Phi) is 4.63. The Balaban J connectivity index is 3.48. The quantitative estimate of drug-likeness (QED) is 0.320. The van der Waals surface area contributed by atoms with Gasteiger partial charge in [-0.2, -0.15) is 13.2 Å². The fourth-order valence-electron chi connectivity index (χ4n) is 1.51. The molecular formula is C9H10F3N2O6P. The Morgan fingerprint density at radius 2 is 1.71 bits per heavy atom. The summed E-state index contributed by atoms with van der Waals surface area (Å²) >= 11 is 0. The van der Waals surface area contributed by atoms with E-state index >= 15 is 0 Å². The number of para-hydroxylation sites is 1. The van der Waals surface area contributed by atoms with Crippen molar-refractivity contribution in [1.29, 1.82) is 0 Å². The first-order chi connectivity index (χ1) is 9.39. The highest BCUT2D eigenvalue weighted by Gasteiger charge is 2.71. The van der Waals surface area contributed by atoms with Gasteiger partial charge >= 0.3 is 19.6 Å². The molecule has 0 saturated heterocycles. The standard InChI is InChI=1S/C9H10F3N2O6P/c10-8(11,12)9(15,14(16)17)13(6-21(18,19)20)7-4-2-1-3-5-7/h1-5,15H,6H2,(H2,18,19,20). The van der Waals surface area contributed by atoms with E-state index in [1.165, 1.54) is 18.2 Å². The molecule has 1 atom stereocenters. The summed E-state index contributed by atoms with van der Waals surface area (Å²) in [5.41, 5.74) is -0.572. The van der Waals surface area contributed by atoms with Gasteiger partial charge in [-0.3, -0.25) is 19.6 Å². The summed E-state index contributed by atoms with van der Waals surface area (Å²) in [5, 5.41) is 20.2. The molecule has 0 heterocycles. The maximum Gasteiger partial charge on any atom is 0.514 e. The number of nitro groups is 1. The first-order valence-corrected chi connectivity index (χ1v) is 7.00. The molecule has 12 heteroatoms. The summed E-state index contributed by atoms with van der Waals surface area (Å²) in [6, 6.07) is 5.64. The van der Waals surface area contributed by atoms with Crippen LogP contribution in [0.3, 0.4) is 0 Å². The Morgan fingerprint density at radius 3 is 2.05 bits per heavy atom. The number of nitrogens with zero attached hydrogens (tertiary/aromatic N) is 2. The summed E-state index contributed by atoms with van der Waals surface area (Å²) in [5.74, 6) is -4.67. The summed E-state index contributed by atoms with van der Waals surface area (Å²) in [4.78, 5) is 25.9. The van der Waals surface area contributed by atoms with E-state index < -0.39 is 41.4 Å². The van der Waals surface area contributed by atoms with Crippen molar-refractivity contribution in [3.8, 4) is 0 Å². The Bertz CT molecular complexity index is 562. The van der Waals surface area contributed by atoms with Gasteiger partial charge in [-0.05, 0) is 12.1 Å². The van der Waals surface area contributed by atoms with Crippen molar-refractivity contribution in [3.05, 3.63) is 40.4 Å². The molecule has 3 N–H and O–H groups in total. The van der Waals surface area contributed by atoms with Gasteiger partial charge in [0.05, 0.1) is 4.92 Å². The van der Waals surface area contributed by atoms with E-state index in [1.54, 1.807) is 0 Å². The van der Waals surface area contributed by atoms with Gasteiger partial charge in [0.1, 0.15) is 6.29 Å². The number of benzene rings is 1. The first kappa shape index (κ1) is 17.4. The largest absolute Gasteiger partial charge is 0.514 e. The zero-order valence-corrected chi connectivity index (χ0v) is 11.0. The number of halogens is 3. The van der Waals surface area contributed by atoms with Crippen LogP contribution in [-0.2, 0) is 4.57 Å². The molecule has 0 amide bonds. The van der Waals surface area contributed by atoms with E-state index in [1.807, 2.05) is 0 Å². The van der Waals surface area contributed by atoms with Crippen LogP contribution in [0.5, 0.6) is 0 Å². The molecule has 0 bridgehead atoms. The SMILES string of the molecule is O=[N+]([O-])C(O)(N(CP(=O)(O)O)c1ccccc1)C(F)(F)F. The molecule has 1 aromatic rings. The highest BCUT2D eigenvalue weighted by molar-refractivity contribution is 7.51. The minimum atomic E-state index is -5.79. The molecule has 8 nitrogen and oxygen atoms in total. The van der Waals surface area contributed by atoms with Crippen molar-refractivity contribution >= 4 is 13.3 Å². The number of rotatable bonds is 5. The predicted molar refractivity (Wildman–Crippen MR) is 63.8 cm³/mol. The zero-order chi connectivity index (χ0) is 16.5. The van der Waals surface area contributed by atoms with Crippen molar-refractivity contribution in [2.24, 2.45) is 0 Å². The van der Waals surface area contributed by atoms with Gasteiger partial charge in [0.15, 0.2) is 0 Å². The highest BCUT2D eigenvalue weighted by Crippen LogP contribution is 2.44. The lowest BCUT2D eigenvalue weighted by Crippen LogP contribution is -2.64. The number of aliphatic hydroxyl groups is 1. The summed E-state index contributed by atoms with van der Waals surface area (Å²) in [7, 11) is -5.13. The topological polar surface area (TPSA) is 124 Å². The summed E-state index contributed by atoms with van der Waals surface area (Å²) in [6.07, 6.45) is -7.48. The van der Waals surface area contributed by atoms with E-state index in [0.717, 1.165) is 12.1 Å². The van der Waals surface area contributed by atoms with Gasteiger partial charge in [0, 0.05) is 5.69 Å². The maximum atomic E-state index is 12.9. The molecule has 118 valence electrons. The van der Waals surface area contributed by atoms with Crippen LogP contribution in [0.2, 0.25) is 0 Å². The van der Waals surface area contributed by atoms with E-state index in [-0.39, 0.29) is 0 Å². The zero-order valence-electron chi connectivity index (χ0n) is 10.1. The van der Waals surface area contributed by atoms with Crippen LogP contribution in [0.4, 0.5) is 18.9 Å². The van der Waals surface area contributed by atoms with Gasteiger partial charge in [-0.25, -0.2) is 0 Å². The van der Waals surface area contributed by atoms with Crippen LogP contribution in [0.25, 0.3) is 0 Å². The molecule has 1 aromatic carbocycles. The molecule has 0 aliphatic heterocycles. The first-order valence-electron chi connectivity index (χ1n) is 5.20. The van der Waals surface area contributed by atoms with Gasteiger partial charge in [0.2, 0.25) is 0 Å². The molecule has 0 spiro atoms. The second-order valence-corrected chi connectivity index (χ2v) is 5.57. The van der Waals surface area contributed by atoms with Crippen molar-refractivity contribution in [1.82, 2.24) is 0 Å². The van der Waals surface area contributed by atoms with Gasteiger partial charge in [-0.1, -0.05) is 18.2 Å². The Hall–Kier alpha value is -1.68. The number of hydrogen-bond donors (Lipinski definition) is 3. The Morgan fingerprint density at radius 1 is 1.24 bits per heavy atom.